The maximum atomic E-state index is 12.8. The SMILES string of the molecule is CC(C)(C)OC(=O)COC(=O)[C@@H](Cc1c[nH]c2ccccc12)NC(=O)c1ccccc1Cl. The number of nitrogens with one attached hydrogen (secondary N) is 2. The molecule has 1 heterocycles. The minimum absolute atomic E-state index is 0.160. The molecule has 0 radical (unpaired) electrons. The number of carbonyl (C=O) groups excluding carboxylic acids is 3. The second-order valence-electron chi connectivity index (χ2n) is 8.26. The van der Waals surface area contributed by atoms with Crippen LogP contribution < -0.4 is 5.32 Å². The molecule has 8 heteroatoms. The molecule has 2 aromatic carbocycles. The van der Waals surface area contributed by atoms with Gasteiger partial charge in [-0.25, -0.2) is 9.59 Å². The highest BCUT2D eigenvalue weighted by atomic mass is 35.5. The van der Waals surface area contributed by atoms with Crippen LogP contribution in [-0.4, -0.2) is 41.1 Å². The molecule has 1 amide bonds. The van der Waals surface area contributed by atoms with Crippen molar-refractivity contribution in [1.29, 1.82) is 0 Å². The van der Waals surface area contributed by atoms with Crippen LogP contribution in [-0.2, 0) is 25.5 Å². The Morgan fingerprint density at radius 2 is 1.75 bits per heavy atom. The third kappa shape index (κ3) is 6.11. The zero-order chi connectivity index (χ0) is 23.3. The van der Waals surface area contributed by atoms with Gasteiger partial charge in [0.1, 0.15) is 11.6 Å². The molecular weight excluding hydrogens is 432 g/mol. The van der Waals surface area contributed by atoms with E-state index in [9.17, 15) is 14.4 Å². The number of para-hydroxylation sites is 1. The Kier molecular flexibility index (Phi) is 7.20. The van der Waals surface area contributed by atoms with Gasteiger partial charge in [0.15, 0.2) is 6.61 Å². The van der Waals surface area contributed by atoms with Crippen molar-refractivity contribution in [2.24, 2.45) is 0 Å². The number of halogens is 1. The van der Waals surface area contributed by atoms with Gasteiger partial charge in [-0.05, 0) is 44.5 Å². The molecular formula is C24H25ClN2O5. The lowest BCUT2D eigenvalue weighted by molar-refractivity contribution is -0.167. The molecule has 0 spiro atoms. The molecule has 1 atom stereocenters. The number of ether oxygens (including phenoxy) is 2. The number of rotatable bonds is 7. The summed E-state index contributed by atoms with van der Waals surface area (Å²) in [5, 5.41) is 3.87. The Morgan fingerprint density at radius 3 is 2.47 bits per heavy atom. The number of benzene rings is 2. The van der Waals surface area contributed by atoms with Crippen molar-refractivity contribution in [2.75, 3.05) is 6.61 Å². The summed E-state index contributed by atoms with van der Waals surface area (Å²) in [7, 11) is 0. The molecule has 2 N–H and O–H groups in total. The van der Waals surface area contributed by atoms with Gasteiger partial charge < -0.3 is 19.8 Å². The first-order valence-electron chi connectivity index (χ1n) is 10.1. The molecule has 0 aliphatic carbocycles. The average molecular weight is 457 g/mol. The lowest BCUT2D eigenvalue weighted by Gasteiger charge is -2.21. The van der Waals surface area contributed by atoms with E-state index in [1.807, 2.05) is 24.3 Å². The molecule has 0 unspecified atom stereocenters. The van der Waals surface area contributed by atoms with Crippen molar-refractivity contribution in [3.8, 4) is 0 Å². The number of hydrogen-bond acceptors (Lipinski definition) is 5. The number of amides is 1. The highest BCUT2D eigenvalue weighted by Crippen LogP contribution is 2.20. The predicted octanol–water partition coefficient (Wildman–Crippen LogP) is 4.05. The van der Waals surface area contributed by atoms with Crippen molar-refractivity contribution < 1.29 is 23.9 Å². The summed E-state index contributed by atoms with van der Waals surface area (Å²) in [5.74, 6) is -1.94. The van der Waals surface area contributed by atoms with E-state index >= 15 is 0 Å². The number of hydrogen-bond donors (Lipinski definition) is 2. The van der Waals surface area contributed by atoms with E-state index in [1.54, 1.807) is 51.2 Å². The highest BCUT2D eigenvalue weighted by molar-refractivity contribution is 6.33. The molecule has 1 aromatic heterocycles. The molecule has 0 aliphatic rings. The Balaban J connectivity index is 1.78. The van der Waals surface area contributed by atoms with Gasteiger partial charge in [-0.15, -0.1) is 0 Å². The van der Waals surface area contributed by atoms with E-state index in [-0.39, 0.29) is 17.0 Å². The van der Waals surface area contributed by atoms with Crippen LogP contribution in [0.4, 0.5) is 0 Å². The number of fused-ring (bicyclic) bond motifs is 1. The van der Waals surface area contributed by atoms with Crippen molar-refractivity contribution >= 4 is 40.3 Å². The summed E-state index contributed by atoms with van der Waals surface area (Å²) >= 11 is 6.12. The van der Waals surface area contributed by atoms with Gasteiger partial charge in [0.25, 0.3) is 5.91 Å². The molecule has 0 aliphatic heterocycles. The fourth-order valence-electron chi connectivity index (χ4n) is 3.20. The number of aromatic nitrogens is 1. The predicted molar refractivity (Wildman–Crippen MR) is 122 cm³/mol. The first-order chi connectivity index (χ1) is 15.1. The Bertz CT molecular complexity index is 1130. The lowest BCUT2D eigenvalue weighted by Crippen LogP contribution is -2.44. The number of H-pyrrole nitrogens is 1. The second kappa shape index (κ2) is 9.87. The summed E-state index contributed by atoms with van der Waals surface area (Å²) in [6.45, 7) is 4.60. The van der Waals surface area contributed by atoms with E-state index in [0.29, 0.717) is 0 Å². The fraction of sp³-hybridized carbons (Fsp3) is 0.292. The third-order valence-electron chi connectivity index (χ3n) is 4.56. The summed E-state index contributed by atoms with van der Waals surface area (Å²) in [5.41, 5.74) is 1.25. The second-order valence-corrected chi connectivity index (χ2v) is 8.67. The fourth-order valence-corrected chi connectivity index (χ4v) is 3.42. The topological polar surface area (TPSA) is 97.5 Å². The van der Waals surface area contributed by atoms with Crippen LogP contribution in [0.25, 0.3) is 10.9 Å². The normalized spacial score (nSPS) is 12.2. The Hall–Kier alpha value is -3.32. The number of aromatic amines is 1. The van der Waals surface area contributed by atoms with Crippen molar-refractivity contribution in [3.63, 3.8) is 0 Å². The van der Waals surface area contributed by atoms with Crippen molar-refractivity contribution in [2.45, 2.75) is 38.8 Å². The first-order valence-corrected chi connectivity index (χ1v) is 10.5. The lowest BCUT2D eigenvalue weighted by atomic mass is 10.0. The summed E-state index contributed by atoms with van der Waals surface area (Å²) < 4.78 is 10.3. The Morgan fingerprint density at radius 1 is 1.06 bits per heavy atom. The largest absolute Gasteiger partial charge is 0.457 e. The van der Waals surface area contributed by atoms with Gasteiger partial charge in [-0.1, -0.05) is 41.9 Å². The molecule has 168 valence electrons. The van der Waals surface area contributed by atoms with Crippen molar-refractivity contribution in [3.05, 3.63) is 70.9 Å². The van der Waals surface area contributed by atoms with Gasteiger partial charge >= 0.3 is 11.9 Å². The number of carbonyl (C=O) groups is 3. The van der Waals surface area contributed by atoms with E-state index in [0.717, 1.165) is 16.5 Å². The van der Waals surface area contributed by atoms with Gasteiger partial charge in [0, 0.05) is 23.5 Å². The smallest absolute Gasteiger partial charge is 0.344 e. The van der Waals surface area contributed by atoms with Gasteiger partial charge in [0.2, 0.25) is 0 Å². The zero-order valence-electron chi connectivity index (χ0n) is 18.1. The molecule has 32 heavy (non-hydrogen) atoms. The number of esters is 2. The maximum absolute atomic E-state index is 12.8. The molecule has 0 saturated heterocycles. The summed E-state index contributed by atoms with van der Waals surface area (Å²) in [6.07, 6.45) is 1.94. The van der Waals surface area contributed by atoms with E-state index in [1.165, 1.54) is 0 Å². The average Bonchev–Trinajstić information content (AvgIpc) is 3.13. The Labute approximate surface area is 191 Å². The van der Waals surface area contributed by atoms with Gasteiger partial charge in [-0.2, -0.15) is 0 Å². The standard InChI is InChI=1S/C24H25ClN2O5/c1-24(2,3)32-21(28)14-31-23(30)20(27-22(29)17-9-4-6-10-18(17)25)12-15-13-26-19-11-7-5-8-16(15)19/h4-11,13,20,26H,12,14H2,1-3H3,(H,27,29)/t20-/m1/s1. The molecule has 3 rings (SSSR count). The van der Waals surface area contributed by atoms with Crippen molar-refractivity contribution in [1.82, 2.24) is 10.3 Å². The molecule has 0 fully saturated rings. The van der Waals surface area contributed by atoms with E-state index < -0.39 is 36.1 Å². The van der Waals surface area contributed by atoms with Crippen LogP contribution in [0.15, 0.2) is 54.7 Å². The summed E-state index contributed by atoms with van der Waals surface area (Å²) in [4.78, 5) is 40.7. The van der Waals surface area contributed by atoms with Crippen LogP contribution >= 0.6 is 11.6 Å². The zero-order valence-corrected chi connectivity index (χ0v) is 18.9. The van der Waals surface area contributed by atoms with E-state index in [2.05, 4.69) is 10.3 Å². The minimum Gasteiger partial charge on any atom is -0.457 e. The molecule has 3 aromatic rings. The van der Waals surface area contributed by atoms with Gasteiger partial charge in [0.05, 0.1) is 10.6 Å². The van der Waals surface area contributed by atoms with Gasteiger partial charge in [-0.3, -0.25) is 4.79 Å². The summed E-state index contributed by atoms with van der Waals surface area (Å²) in [6, 6.07) is 13.1. The molecule has 0 bridgehead atoms. The van der Waals surface area contributed by atoms with Crippen LogP contribution in [0, 0.1) is 0 Å². The van der Waals surface area contributed by atoms with Crippen LogP contribution in [0.2, 0.25) is 5.02 Å². The van der Waals surface area contributed by atoms with E-state index in [4.69, 9.17) is 21.1 Å². The monoisotopic (exact) mass is 456 g/mol. The third-order valence-corrected chi connectivity index (χ3v) is 4.89. The van der Waals surface area contributed by atoms with Crippen LogP contribution in [0.5, 0.6) is 0 Å². The van der Waals surface area contributed by atoms with Crippen LogP contribution in [0.1, 0.15) is 36.7 Å². The quantitative estimate of drug-likeness (QED) is 0.523. The first kappa shape index (κ1) is 23.3. The molecule has 0 saturated carbocycles. The molecule has 7 nitrogen and oxygen atoms in total. The maximum Gasteiger partial charge on any atom is 0.344 e. The highest BCUT2D eigenvalue weighted by Gasteiger charge is 2.27. The van der Waals surface area contributed by atoms with Crippen LogP contribution in [0.3, 0.4) is 0 Å². The minimum atomic E-state index is -1.04.